The van der Waals surface area contributed by atoms with E-state index in [0.717, 1.165) is 18.2 Å². The smallest absolute Gasteiger partial charge is 1.00 e. The third-order valence-electron chi connectivity index (χ3n) is 0.556. The number of carbonyl (C=O) groups is 3. The average molecular weight is 371 g/mol. The fraction of sp³-hybridized carbons (Fsp3) is 0. The molecule has 0 atom stereocenters. The first-order valence-electron chi connectivity index (χ1n) is 3.45. The van der Waals surface area contributed by atoms with E-state index in [1.807, 2.05) is 0 Å². The fourth-order valence-corrected chi connectivity index (χ4v) is 0. The Balaban J connectivity index is -0.0000000160. The van der Waals surface area contributed by atoms with Gasteiger partial charge >= 0.3 is 34.7 Å². The zero-order chi connectivity index (χ0) is 12.9. The molecule has 0 fully saturated rings. The Morgan fingerprint density at radius 2 is 0.650 bits per heavy atom. The van der Waals surface area contributed by atoms with Crippen molar-refractivity contribution in [2.75, 3.05) is 0 Å². The van der Waals surface area contributed by atoms with E-state index >= 15 is 0 Å². The number of carbonyl (C=O) groups excluding carboxylic acids is 3. The first kappa shape index (κ1) is 50.4. The molecule has 0 heterocycles. The molecule has 0 aliphatic carbocycles. The molecule has 6 nitrogen and oxygen atoms in total. The van der Waals surface area contributed by atoms with Crippen molar-refractivity contribution in [2.45, 2.75) is 0 Å². The average Bonchev–Trinajstić information content (AvgIpc) is 2.19. The fourth-order valence-electron chi connectivity index (χ4n) is 0. The van der Waals surface area contributed by atoms with Crippen LogP contribution in [0.1, 0.15) is 0 Å². The molecule has 0 aromatic rings. The first-order valence-corrected chi connectivity index (χ1v) is 3.45. The minimum absolute atomic E-state index is 0. The van der Waals surface area contributed by atoms with Crippen LogP contribution in [0.3, 0.4) is 0 Å². The molecule has 0 saturated carbocycles. The second-order valence-corrected chi connectivity index (χ2v) is 1.71. The van der Waals surface area contributed by atoms with Gasteiger partial charge in [-0.2, -0.15) is 0 Å². The molecule has 20 heavy (non-hydrogen) atoms. The Labute approximate surface area is 158 Å². The standard InChI is InChI=1S/3C3H5NO.2Al.3ClH/c3*1-2-3(4)5;;;;;/h3*2H,1H2,(H2,4,5);;;3*1H/q;;;2*+3;;;/p-6. The van der Waals surface area contributed by atoms with Crippen molar-refractivity contribution >= 4 is 52.4 Å². The summed E-state index contributed by atoms with van der Waals surface area (Å²) in [5.41, 5.74) is 18.2. The quantitative estimate of drug-likeness (QED) is 0.362. The number of rotatable bonds is 3. The molecule has 3 amide bonds. The van der Waals surface area contributed by atoms with Gasteiger partial charge in [0.25, 0.3) is 0 Å². The van der Waals surface area contributed by atoms with Crippen molar-refractivity contribution in [3.63, 3.8) is 0 Å². The molecule has 0 radical (unpaired) electrons. The molecular formula is C9H12Al2Cl3N3O3. The Morgan fingerprint density at radius 3 is 0.650 bits per heavy atom. The third kappa shape index (κ3) is 156. The van der Waals surface area contributed by atoms with E-state index < -0.39 is 17.7 Å². The molecule has 0 bridgehead atoms. The van der Waals surface area contributed by atoms with Gasteiger partial charge in [-0.15, -0.1) is 0 Å². The summed E-state index contributed by atoms with van der Waals surface area (Å²) in [6.45, 7) is 9.07. The SMILES string of the molecule is C=CC([NH-])=O.C=CC([NH-])=O.C=CC([NH-])=O.[Al+3].[Al+3].[Cl-].[Cl-].[Cl-]. The van der Waals surface area contributed by atoms with Gasteiger partial charge in [-0.25, -0.2) is 0 Å². The van der Waals surface area contributed by atoms with Gasteiger partial charge in [0.05, 0.1) is 17.7 Å². The zero-order valence-corrected chi connectivity index (χ0v) is 14.9. The van der Waals surface area contributed by atoms with Crippen molar-refractivity contribution in [3.05, 3.63) is 55.2 Å². The van der Waals surface area contributed by atoms with E-state index in [1.54, 1.807) is 0 Å². The largest absolute Gasteiger partial charge is 3.00 e. The van der Waals surface area contributed by atoms with Crippen LogP contribution in [0.4, 0.5) is 0 Å². The van der Waals surface area contributed by atoms with E-state index in [-0.39, 0.29) is 71.9 Å². The molecule has 0 aromatic carbocycles. The second kappa shape index (κ2) is 42.8. The summed E-state index contributed by atoms with van der Waals surface area (Å²) in [6, 6.07) is 0. The summed E-state index contributed by atoms with van der Waals surface area (Å²) in [4.78, 5) is 28.1. The number of hydrogen-bond donors (Lipinski definition) is 0. The van der Waals surface area contributed by atoms with Crippen molar-refractivity contribution in [1.29, 1.82) is 0 Å². The van der Waals surface area contributed by atoms with Crippen molar-refractivity contribution < 1.29 is 51.6 Å². The zero-order valence-electron chi connectivity index (χ0n) is 10.4. The van der Waals surface area contributed by atoms with Gasteiger partial charge in [0.2, 0.25) is 0 Å². The van der Waals surface area contributed by atoms with Crippen LogP contribution in [0.5, 0.6) is 0 Å². The molecule has 11 heteroatoms. The van der Waals surface area contributed by atoms with Crippen LogP contribution < -0.4 is 37.2 Å². The van der Waals surface area contributed by atoms with Gasteiger partial charge in [-0.05, 0) is 18.2 Å². The Hall–Kier alpha value is -0.435. The van der Waals surface area contributed by atoms with Crippen molar-refractivity contribution in [2.24, 2.45) is 0 Å². The number of halogens is 3. The van der Waals surface area contributed by atoms with E-state index in [9.17, 15) is 14.4 Å². The number of nitrogens with one attached hydrogen (secondary N) is 3. The Morgan fingerprint density at radius 1 is 0.600 bits per heavy atom. The normalized spacial score (nSPS) is 4.80. The molecule has 0 aliphatic rings. The molecular weight excluding hydrogens is 358 g/mol. The number of hydrogen-bond acceptors (Lipinski definition) is 3. The van der Waals surface area contributed by atoms with Gasteiger partial charge in [-0.3, -0.25) is 0 Å². The topological polar surface area (TPSA) is 123 Å². The predicted octanol–water partition coefficient (Wildman–Crippen LogP) is -7.50. The van der Waals surface area contributed by atoms with Crippen LogP contribution in [-0.4, -0.2) is 52.4 Å². The molecule has 0 unspecified atom stereocenters. The molecule has 0 saturated heterocycles. The molecule has 0 rings (SSSR count). The van der Waals surface area contributed by atoms with Crippen LogP contribution in [0.15, 0.2) is 38.0 Å². The summed E-state index contributed by atoms with van der Waals surface area (Å²) < 4.78 is 0. The maximum absolute atomic E-state index is 9.36. The third-order valence-corrected chi connectivity index (χ3v) is 0.556. The minimum atomic E-state index is -0.731. The van der Waals surface area contributed by atoms with Crippen LogP contribution in [0, 0.1) is 0 Å². The van der Waals surface area contributed by atoms with Gasteiger partial charge in [0.15, 0.2) is 0 Å². The predicted molar refractivity (Wildman–Crippen MR) is 70.1 cm³/mol. The van der Waals surface area contributed by atoms with Gasteiger partial charge in [-0.1, -0.05) is 19.7 Å². The molecule has 0 spiro atoms. The molecule has 108 valence electrons. The minimum Gasteiger partial charge on any atom is -1.00 e. The summed E-state index contributed by atoms with van der Waals surface area (Å²) in [5.74, 6) is -2.19. The Bertz CT molecular complexity index is 238. The molecule has 0 aromatic heterocycles. The van der Waals surface area contributed by atoms with Crippen molar-refractivity contribution in [3.8, 4) is 0 Å². The van der Waals surface area contributed by atoms with E-state index in [0.29, 0.717) is 0 Å². The van der Waals surface area contributed by atoms with E-state index in [2.05, 4.69) is 19.7 Å². The Kier molecular flexibility index (Phi) is 108. The van der Waals surface area contributed by atoms with Crippen LogP contribution >= 0.6 is 0 Å². The van der Waals surface area contributed by atoms with Crippen molar-refractivity contribution in [1.82, 2.24) is 0 Å². The summed E-state index contributed by atoms with van der Waals surface area (Å²) in [5, 5.41) is 0. The number of amides is 3. The second-order valence-electron chi connectivity index (χ2n) is 1.71. The molecule has 3 N–H and O–H groups in total. The monoisotopic (exact) mass is 369 g/mol. The van der Waals surface area contributed by atoms with Gasteiger partial charge < -0.3 is 68.8 Å². The van der Waals surface area contributed by atoms with Gasteiger partial charge in [0.1, 0.15) is 0 Å². The van der Waals surface area contributed by atoms with E-state index in [4.69, 9.17) is 17.2 Å². The summed E-state index contributed by atoms with van der Waals surface area (Å²) in [6.07, 6.45) is 2.83. The van der Waals surface area contributed by atoms with Crippen LogP contribution in [0.2, 0.25) is 0 Å². The first-order chi connectivity index (χ1) is 6.81. The summed E-state index contributed by atoms with van der Waals surface area (Å²) in [7, 11) is 0. The maximum atomic E-state index is 9.36. The van der Waals surface area contributed by atoms with Crippen LogP contribution in [-0.2, 0) is 14.4 Å². The van der Waals surface area contributed by atoms with Crippen LogP contribution in [0.25, 0.3) is 17.2 Å². The summed E-state index contributed by atoms with van der Waals surface area (Å²) >= 11 is 0. The molecule has 0 aliphatic heterocycles. The van der Waals surface area contributed by atoms with E-state index in [1.165, 1.54) is 0 Å². The van der Waals surface area contributed by atoms with Gasteiger partial charge in [0, 0.05) is 0 Å². The maximum Gasteiger partial charge on any atom is 3.00 e.